The summed E-state index contributed by atoms with van der Waals surface area (Å²) in [5.74, 6) is 2.14. The summed E-state index contributed by atoms with van der Waals surface area (Å²) in [5, 5.41) is 3.03. The summed E-state index contributed by atoms with van der Waals surface area (Å²) in [6.45, 7) is 6.51. The van der Waals surface area contributed by atoms with Crippen LogP contribution in [0.3, 0.4) is 0 Å². The smallest absolute Gasteiger partial charge is 0.244 e. The van der Waals surface area contributed by atoms with Gasteiger partial charge in [-0.1, -0.05) is 19.1 Å². The van der Waals surface area contributed by atoms with Gasteiger partial charge in [0, 0.05) is 30.4 Å². The molecule has 0 bridgehead atoms. The highest BCUT2D eigenvalue weighted by molar-refractivity contribution is 5.92. The summed E-state index contributed by atoms with van der Waals surface area (Å²) in [4.78, 5) is 15.0. The Morgan fingerprint density at radius 1 is 1.06 bits per heavy atom. The van der Waals surface area contributed by atoms with E-state index in [4.69, 9.17) is 14.2 Å². The molecule has 0 saturated carbocycles. The third kappa shape index (κ3) is 5.55. The lowest BCUT2D eigenvalue weighted by Crippen LogP contribution is -2.34. The average Bonchev–Trinajstić information content (AvgIpc) is 2.81. The maximum Gasteiger partial charge on any atom is 0.244 e. The van der Waals surface area contributed by atoms with Crippen molar-refractivity contribution < 1.29 is 19.0 Å². The Hall–Kier alpha value is -3.15. The largest absolute Gasteiger partial charge is 0.493 e. The molecule has 3 rings (SSSR count). The Labute approximate surface area is 191 Å². The Kier molecular flexibility index (Phi) is 8.03. The number of amides is 1. The fourth-order valence-electron chi connectivity index (χ4n) is 4.16. The van der Waals surface area contributed by atoms with Crippen LogP contribution in [0.2, 0.25) is 0 Å². The van der Waals surface area contributed by atoms with Gasteiger partial charge in [0.1, 0.15) is 0 Å². The molecule has 6 heteroatoms. The van der Waals surface area contributed by atoms with Crippen LogP contribution >= 0.6 is 0 Å². The molecule has 32 heavy (non-hydrogen) atoms. The van der Waals surface area contributed by atoms with Crippen molar-refractivity contribution in [2.75, 3.05) is 39.3 Å². The molecule has 1 heterocycles. The first-order chi connectivity index (χ1) is 15.5. The number of benzene rings is 2. The van der Waals surface area contributed by atoms with Crippen LogP contribution in [-0.4, -0.2) is 40.3 Å². The van der Waals surface area contributed by atoms with Crippen LogP contribution in [0.25, 0.3) is 6.08 Å². The zero-order chi connectivity index (χ0) is 23.1. The molecule has 1 N–H and O–H groups in total. The van der Waals surface area contributed by atoms with Crippen molar-refractivity contribution in [3.05, 3.63) is 53.6 Å². The molecule has 1 amide bonds. The molecule has 2 aromatic carbocycles. The lowest BCUT2D eigenvalue weighted by molar-refractivity contribution is -0.117. The van der Waals surface area contributed by atoms with Gasteiger partial charge in [0.2, 0.25) is 11.7 Å². The van der Waals surface area contributed by atoms with E-state index in [1.54, 1.807) is 33.5 Å². The van der Waals surface area contributed by atoms with E-state index >= 15 is 0 Å². The zero-order valence-corrected chi connectivity index (χ0v) is 19.7. The summed E-state index contributed by atoms with van der Waals surface area (Å²) in [6, 6.07) is 12.0. The minimum Gasteiger partial charge on any atom is -0.493 e. The standard InChI is InChI=1S/C26H34N2O4/c1-18-7-6-16-28(17-18)22-12-8-20(9-13-22)19(2)27-24(29)15-11-21-10-14-23(30-3)26(32-5)25(21)31-4/h8-15,18-19H,6-7,16-17H2,1-5H3,(H,27,29)/b15-11+/t18-,19-/m0/s1. The van der Waals surface area contributed by atoms with Crippen molar-refractivity contribution >= 4 is 17.7 Å². The van der Waals surface area contributed by atoms with E-state index in [9.17, 15) is 4.79 Å². The molecule has 1 saturated heterocycles. The van der Waals surface area contributed by atoms with Crippen LogP contribution < -0.4 is 24.4 Å². The normalized spacial score (nSPS) is 17.2. The second-order valence-corrected chi connectivity index (χ2v) is 8.27. The van der Waals surface area contributed by atoms with Crippen LogP contribution in [-0.2, 0) is 4.79 Å². The van der Waals surface area contributed by atoms with Crippen LogP contribution in [0.15, 0.2) is 42.5 Å². The number of anilines is 1. The van der Waals surface area contributed by atoms with E-state index in [-0.39, 0.29) is 11.9 Å². The van der Waals surface area contributed by atoms with Gasteiger partial charge in [-0.15, -0.1) is 0 Å². The number of hydrogen-bond donors (Lipinski definition) is 1. The molecular weight excluding hydrogens is 404 g/mol. The summed E-state index contributed by atoms with van der Waals surface area (Å²) in [6.07, 6.45) is 5.76. The molecule has 1 fully saturated rings. The van der Waals surface area contributed by atoms with Crippen molar-refractivity contribution in [3.63, 3.8) is 0 Å². The monoisotopic (exact) mass is 438 g/mol. The van der Waals surface area contributed by atoms with Crippen molar-refractivity contribution in [2.24, 2.45) is 5.92 Å². The first-order valence-corrected chi connectivity index (χ1v) is 11.1. The van der Waals surface area contributed by atoms with E-state index in [0.29, 0.717) is 17.2 Å². The Balaban J connectivity index is 1.64. The van der Waals surface area contributed by atoms with Gasteiger partial charge in [0.15, 0.2) is 11.5 Å². The maximum atomic E-state index is 12.5. The number of rotatable bonds is 8. The van der Waals surface area contributed by atoms with Gasteiger partial charge in [0.05, 0.1) is 27.4 Å². The highest BCUT2D eigenvalue weighted by Crippen LogP contribution is 2.40. The third-order valence-electron chi connectivity index (χ3n) is 5.92. The maximum absolute atomic E-state index is 12.5. The minimum absolute atomic E-state index is 0.103. The number of ether oxygens (including phenoxy) is 3. The van der Waals surface area contributed by atoms with Crippen molar-refractivity contribution in [1.82, 2.24) is 5.32 Å². The van der Waals surface area contributed by atoms with E-state index in [2.05, 4.69) is 41.4 Å². The van der Waals surface area contributed by atoms with Gasteiger partial charge in [-0.05, 0) is 61.6 Å². The van der Waals surface area contributed by atoms with E-state index in [0.717, 1.165) is 30.1 Å². The summed E-state index contributed by atoms with van der Waals surface area (Å²) in [7, 11) is 4.69. The molecule has 2 aromatic rings. The average molecular weight is 439 g/mol. The number of hydrogen-bond acceptors (Lipinski definition) is 5. The van der Waals surface area contributed by atoms with Crippen LogP contribution in [0.1, 0.15) is 43.9 Å². The number of nitrogens with one attached hydrogen (secondary N) is 1. The van der Waals surface area contributed by atoms with E-state index in [1.807, 2.05) is 13.0 Å². The predicted molar refractivity (Wildman–Crippen MR) is 129 cm³/mol. The second kappa shape index (κ2) is 10.9. The van der Waals surface area contributed by atoms with Gasteiger partial charge < -0.3 is 24.4 Å². The first kappa shape index (κ1) is 23.5. The number of carbonyl (C=O) groups excluding carboxylic acids is 1. The molecule has 6 nitrogen and oxygen atoms in total. The van der Waals surface area contributed by atoms with Crippen LogP contribution in [0.5, 0.6) is 17.2 Å². The highest BCUT2D eigenvalue weighted by atomic mass is 16.5. The Morgan fingerprint density at radius 3 is 2.41 bits per heavy atom. The van der Waals surface area contributed by atoms with Crippen molar-refractivity contribution in [1.29, 1.82) is 0 Å². The van der Waals surface area contributed by atoms with Crippen LogP contribution in [0.4, 0.5) is 5.69 Å². The van der Waals surface area contributed by atoms with E-state index in [1.165, 1.54) is 24.6 Å². The molecule has 0 aromatic heterocycles. The van der Waals surface area contributed by atoms with Crippen LogP contribution in [0, 0.1) is 5.92 Å². The fraction of sp³-hybridized carbons (Fsp3) is 0.423. The molecule has 0 aliphatic carbocycles. The fourth-order valence-corrected chi connectivity index (χ4v) is 4.16. The summed E-state index contributed by atoms with van der Waals surface area (Å²) in [5.41, 5.74) is 3.05. The third-order valence-corrected chi connectivity index (χ3v) is 5.92. The molecule has 0 unspecified atom stereocenters. The topological polar surface area (TPSA) is 60.0 Å². The SMILES string of the molecule is COc1ccc(/C=C/C(=O)N[C@@H](C)c2ccc(N3CCC[C@H](C)C3)cc2)c(OC)c1OC. The molecule has 2 atom stereocenters. The van der Waals surface area contributed by atoms with Gasteiger partial charge in [-0.3, -0.25) is 4.79 Å². The number of piperidine rings is 1. The molecule has 0 spiro atoms. The lowest BCUT2D eigenvalue weighted by Gasteiger charge is -2.33. The number of nitrogens with zero attached hydrogens (tertiary/aromatic N) is 1. The van der Waals surface area contributed by atoms with E-state index < -0.39 is 0 Å². The predicted octanol–water partition coefficient (Wildman–Crippen LogP) is 4.84. The molecule has 0 radical (unpaired) electrons. The van der Waals surface area contributed by atoms with Gasteiger partial charge in [-0.25, -0.2) is 0 Å². The number of methoxy groups -OCH3 is 3. The first-order valence-electron chi connectivity index (χ1n) is 11.1. The molecule has 1 aliphatic heterocycles. The lowest BCUT2D eigenvalue weighted by atomic mass is 9.99. The van der Waals surface area contributed by atoms with Gasteiger partial charge in [0.25, 0.3) is 0 Å². The highest BCUT2D eigenvalue weighted by Gasteiger charge is 2.17. The quantitative estimate of drug-likeness (QED) is 0.598. The Morgan fingerprint density at radius 2 is 1.78 bits per heavy atom. The molecular formula is C26H34N2O4. The second-order valence-electron chi connectivity index (χ2n) is 8.27. The molecule has 1 aliphatic rings. The summed E-state index contributed by atoms with van der Waals surface area (Å²) < 4.78 is 16.2. The van der Waals surface area contributed by atoms with Gasteiger partial charge >= 0.3 is 0 Å². The zero-order valence-electron chi connectivity index (χ0n) is 19.7. The summed E-state index contributed by atoms with van der Waals surface area (Å²) >= 11 is 0. The van der Waals surface area contributed by atoms with Crippen molar-refractivity contribution in [2.45, 2.75) is 32.7 Å². The van der Waals surface area contributed by atoms with Gasteiger partial charge in [-0.2, -0.15) is 0 Å². The number of carbonyl (C=O) groups is 1. The molecule has 172 valence electrons. The van der Waals surface area contributed by atoms with Crippen molar-refractivity contribution in [3.8, 4) is 17.2 Å². The Bertz CT molecular complexity index is 940. The minimum atomic E-state index is -0.178.